The third-order valence-electron chi connectivity index (χ3n) is 4.29. The Bertz CT molecular complexity index is 358. The highest BCUT2D eigenvalue weighted by molar-refractivity contribution is 5.94. The molecule has 0 aromatic carbocycles. The van der Waals surface area contributed by atoms with Gasteiger partial charge in [-0.05, 0) is 24.7 Å². The van der Waals surface area contributed by atoms with Gasteiger partial charge in [-0.2, -0.15) is 0 Å². The average molecular weight is 192 g/mol. The predicted octanol–water partition coefficient (Wildman–Crippen LogP) is 1.24. The maximum absolute atomic E-state index is 11.7. The van der Waals surface area contributed by atoms with Gasteiger partial charge in [-0.15, -0.1) is 0 Å². The van der Waals surface area contributed by atoms with Gasteiger partial charge in [-0.3, -0.25) is 9.59 Å². The van der Waals surface area contributed by atoms with E-state index >= 15 is 0 Å². The summed E-state index contributed by atoms with van der Waals surface area (Å²) in [7, 11) is 0. The Hall–Kier alpha value is -1.12. The molecule has 2 bridgehead atoms. The van der Waals surface area contributed by atoms with Crippen LogP contribution in [0.3, 0.4) is 0 Å². The maximum atomic E-state index is 11.7. The summed E-state index contributed by atoms with van der Waals surface area (Å²) in [6.45, 7) is 0. The Labute approximate surface area is 81.8 Å². The molecule has 0 aromatic heterocycles. The quantitative estimate of drug-likeness (QED) is 0.636. The molecule has 0 heterocycles. The van der Waals surface area contributed by atoms with Crippen LogP contribution >= 0.6 is 0 Å². The highest BCUT2D eigenvalue weighted by Crippen LogP contribution is 2.62. The number of carbonyl (C=O) groups excluding carboxylic acids is 1. The van der Waals surface area contributed by atoms with Gasteiger partial charge < -0.3 is 5.11 Å². The summed E-state index contributed by atoms with van der Waals surface area (Å²) in [5.74, 6) is -0.475. The van der Waals surface area contributed by atoms with Gasteiger partial charge in [0.25, 0.3) is 0 Å². The number of ketones is 1. The van der Waals surface area contributed by atoms with E-state index < -0.39 is 11.4 Å². The average Bonchev–Trinajstić information content (AvgIpc) is 2.76. The Morgan fingerprint density at radius 1 is 1.50 bits per heavy atom. The zero-order chi connectivity index (χ0) is 9.92. The summed E-state index contributed by atoms with van der Waals surface area (Å²) in [6.07, 6.45) is 5.94. The second-order valence-corrected chi connectivity index (χ2v) is 4.68. The number of fused-ring (bicyclic) bond motifs is 5. The van der Waals surface area contributed by atoms with Crippen LogP contribution in [0, 0.1) is 23.2 Å². The van der Waals surface area contributed by atoms with E-state index in [0.717, 1.165) is 6.42 Å². The Morgan fingerprint density at radius 3 is 2.93 bits per heavy atom. The van der Waals surface area contributed by atoms with Crippen molar-refractivity contribution in [1.82, 2.24) is 0 Å². The van der Waals surface area contributed by atoms with E-state index in [-0.39, 0.29) is 23.5 Å². The molecule has 3 aliphatic carbocycles. The van der Waals surface area contributed by atoms with Crippen LogP contribution in [0.1, 0.15) is 19.3 Å². The summed E-state index contributed by atoms with van der Waals surface area (Å²) in [4.78, 5) is 23.0. The molecule has 3 nitrogen and oxygen atoms in total. The molecule has 0 aliphatic heterocycles. The Kier molecular flexibility index (Phi) is 1.33. The van der Waals surface area contributed by atoms with Crippen LogP contribution in [0.15, 0.2) is 12.2 Å². The van der Waals surface area contributed by atoms with Crippen molar-refractivity contribution in [3.8, 4) is 0 Å². The maximum Gasteiger partial charge on any atom is 0.311 e. The summed E-state index contributed by atoms with van der Waals surface area (Å²) >= 11 is 0. The molecule has 0 aromatic rings. The second-order valence-electron chi connectivity index (χ2n) is 4.68. The minimum atomic E-state index is -0.759. The van der Waals surface area contributed by atoms with Crippen LogP contribution in [-0.4, -0.2) is 16.9 Å². The molecule has 14 heavy (non-hydrogen) atoms. The number of hydrogen-bond donors (Lipinski definition) is 1. The molecule has 1 N–H and O–H groups in total. The number of aliphatic carboxylic acids is 1. The molecule has 0 spiro atoms. The number of Topliss-reactive ketones (excluding diaryl/α,β-unsaturated/α-hetero) is 1. The van der Waals surface area contributed by atoms with Crippen molar-refractivity contribution in [2.45, 2.75) is 19.3 Å². The fourth-order valence-corrected chi connectivity index (χ4v) is 3.72. The lowest BCUT2D eigenvalue weighted by Crippen LogP contribution is -2.40. The highest BCUT2D eigenvalue weighted by Gasteiger charge is 2.65. The third kappa shape index (κ3) is 0.668. The minimum absolute atomic E-state index is 0.112. The van der Waals surface area contributed by atoms with Gasteiger partial charge >= 0.3 is 5.97 Å². The molecule has 0 radical (unpaired) electrons. The van der Waals surface area contributed by atoms with Crippen LogP contribution in [0.25, 0.3) is 0 Å². The highest BCUT2D eigenvalue weighted by atomic mass is 16.4. The van der Waals surface area contributed by atoms with E-state index in [2.05, 4.69) is 0 Å². The number of carbonyl (C=O) groups is 2. The largest absolute Gasteiger partial charge is 0.481 e. The molecule has 0 saturated heterocycles. The van der Waals surface area contributed by atoms with E-state index in [1.165, 1.54) is 0 Å². The van der Waals surface area contributed by atoms with Gasteiger partial charge in [0.2, 0.25) is 0 Å². The van der Waals surface area contributed by atoms with Crippen molar-refractivity contribution >= 4 is 11.8 Å². The summed E-state index contributed by atoms with van der Waals surface area (Å²) in [5, 5.41) is 9.33. The molecular weight excluding hydrogens is 180 g/mol. The first-order valence-corrected chi connectivity index (χ1v) is 5.10. The SMILES string of the molecule is O=C1CCC2(C(=O)O)C3C=CC(C3)C12. The lowest BCUT2D eigenvalue weighted by atomic mass is 9.70. The molecule has 3 heteroatoms. The lowest BCUT2D eigenvalue weighted by molar-refractivity contribution is -0.154. The van der Waals surface area contributed by atoms with Crippen molar-refractivity contribution in [2.75, 3.05) is 0 Å². The summed E-state index contributed by atoms with van der Waals surface area (Å²) in [6, 6.07) is 0. The van der Waals surface area contributed by atoms with E-state index in [9.17, 15) is 14.7 Å². The number of rotatable bonds is 1. The van der Waals surface area contributed by atoms with Gasteiger partial charge in [0.05, 0.1) is 5.41 Å². The van der Waals surface area contributed by atoms with Crippen LogP contribution < -0.4 is 0 Å². The number of carboxylic acid groups (broad SMARTS) is 1. The van der Waals surface area contributed by atoms with Crippen LogP contribution in [0.4, 0.5) is 0 Å². The van der Waals surface area contributed by atoms with Gasteiger partial charge in [-0.25, -0.2) is 0 Å². The molecular formula is C11H12O3. The first kappa shape index (κ1) is 8.21. The van der Waals surface area contributed by atoms with Crippen LogP contribution in [-0.2, 0) is 9.59 Å². The fraction of sp³-hybridized carbons (Fsp3) is 0.636. The van der Waals surface area contributed by atoms with Crippen molar-refractivity contribution in [2.24, 2.45) is 23.2 Å². The van der Waals surface area contributed by atoms with Gasteiger partial charge in [0, 0.05) is 12.3 Å². The van der Waals surface area contributed by atoms with Crippen molar-refractivity contribution in [3.05, 3.63) is 12.2 Å². The number of allylic oxidation sites excluding steroid dienone is 2. The molecule has 3 rings (SSSR count). The van der Waals surface area contributed by atoms with Crippen LogP contribution in [0.5, 0.6) is 0 Å². The lowest BCUT2D eigenvalue weighted by Gasteiger charge is -2.31. The molecule has 4 unspecified atom stereocenters. The number of hydrogen-bond acceptors (Lipinski definition) is 2. The second kappa shape index (κ2) is 2.27. The van der Waals surface area contributed by atoms with Gasteiger partial charge in [0.15, 0.2) is 0 Å². The zero-order valence-corrected chi connectivity index (χ0v) is 7.77. The smallest absolute Gasteiger partial charge is 0.311 e. The molecule has 74 valence electrons. The van der Waals surface area contributed by atoms with Crippen molar-refractivity contribution in [1.29, 1.82) is 0 Å². The van der Waals surface area contributed by atoms with Crippen molar-refractivity contribution in [3.63, 3.8) is 0 Å². The zero-order valence-electron chi connectivity index (χ0n) is 7.77. The van der Waals surface area contributed by atoms with E-state index in [0.29, 0.717) is 12.8 Å². The summed E-state index contributed by atoms with van der Waals surface area (Å²) < 4.78 is 0. The van der Waals surface area contributed by atoms with Gasteiger partial charge in [0.1, 0.15) is 5.78 Å². The fourth-order valence-electron chi connectivity index (χ4n) is 3.72. The van der Waals surface area contributed by atoms with E-state index in [4.69, 9.17) is 0 Å². The normalized spacial score (nSPS) is 48.6. The van der Waals surface area contributed by atoms with Gasteiger partial charge in [-0.1, -0.05) is 12.2 Å². The Balaban J connectivity index is 2.14. The molecule has 2 saturated carbocycles. The standard InChI is InChI=1S/C11H12O3/c12-8-3-4-11(10(13)14)7-2-1-6(5-7)9(8)11/h1-2,6-7,9H,3-5H2,(H,13,14). The third-order valence-corrected chi connectivity index (χ3v) is 4.29. The van der Waals surface area contributed by atoms with Crippen LogP contribution in [0.2, 0.25) is 0 Å². The topological polar surface area (TPSA) is 54.4 Å². The van der Waals surface area contributed by atoms with E-state index in [1.54, 1.807) is 0 Å². The molecule has 3 aliphatic rings. The first-order valence-electron chi connectivity index (χ1n) is 5.10. The van der Waals surface area contributed by atoms with E-state index in [1.807, 2.05) is 12.2 Å². The molecule has 4 atom stereocenters. The molecule has 2 fully saturated rings. The Morgan fingerprint density at radius 2 is 2.29 bits per heavy atom. The first-order chi connectivity index (χ1) is 6.66. The monoisotopic (exact) mass is 192 g/mol. The molecule has 0 amide bonds. The minimum Gasteiger partial charge on any atom is -0.481 e. The summed E-state index contributed by atoms with van der Waals surface area (Å²) in [5.41, 5.74) is -0.726. The van der Waals surface area contributed by atoms with Crippen molar-refractivity contribution < 1.29 is 14.7 Å². The predicted molar refractivity (Wildman–Crippen MR) is 48.5 cm³/mol. The number of carboxylic acids is 1.